The normalized spacial score (nSPS) is 17.4. The van der Waals surface area contributed by atoms with Gasteiger partial charge in [0.15, 0.2) is 9.84 Å². The number of halogens is 1. The van der Waals surface area contributed by atoms with Gasteiger partial charge in [0.25, 0.3) is 0 Å². The summed E-state index contributed by atoms with van der Waals surface area (Å²) in [5.41, 5.74) is 1.86. The largest absolute Gasteiger partial charge is 0.424 e. The van der Waals surface area contributed by atoms with E-state index in [-0.39, 0.29) is 17.4 Å². The van der Waals surface area contributed by atoms with Gasteiger partial charge in [-0.2, -0.15) is 0 Å². The fourth-order valence-electron chi connectivity index (χ4n) is 1.44. The van der Waals surface area contributed by atoms with Crippen molar-refractivity contribution in [3.05, 3.63) is 22.9 Å². The van der Waals surface area contributed by atoms with Crippen molar-refractivity contribution in [1.82, 2.24) is 10.2 Å². The van der Waals surface area contributed by atoms with Crippen molar-refractivity contribution in [2.24, 2.45) is 0 Å². The number of hydrogen-bond donors (Lipinski definition) is 0. The number of nitrogens with zero attached hydrogens (tertiary/aromatic N) is 2. The van der Waals surface area contributed by atoms with Crippen LogP contribution in [0.15, 0.2) is 15.5 Å². The van der Waals surface area contributed by atoms with Gasteiger partial charge < -0.3 is 4.42 Å². The van der Waals surface area contributed by atoms with Gasteiger partial charge in [0.1, 0.15) is 5.75 Å². The van der Waals surface area contributed by atoms with Crippen LogP contribution in [0.2, 0.25) is 0 Å². The Kier molecular flexibility index (Phi) is 3.53. The minimum Gasteiger partial charge on any atom is -0.424 e. The predicted octanol–water partition coefficient (Wildman–Crippen LogP) is 2.00. The van der Waals surface area contributed by atoms with E-state index in [0.717, 1.165) is 12.8 Å². The highest BCUT2D eigenvalue weighted by molar-refractivity contribution is 7.90. The summed E-state index contributed by atoms with van der Waals surface area (Å²) in [6.45, 7) is 1.66. The van der Waals surface area contributed by atoms with Crippen LogP contribution in [0.25, 0.3) is 0 Å². The SMILES string of the molecule is C/C(=C\Cl)CS(=O)(=O)Cc1nnc(C2CC2)o1. The molecule has 0 atom stereocenters. The van der Waals surface area contributed by atoms with Gasteiger partial charge in [-0.15, -0.1) is 10.2 Å². The van der Waals surface area contributed by atoms with E-state index in [9.17, 15) is 8.42 Å². The van der Waals surface area contributed by atoms with E-state index >= 15 is 0 Å². The van der Waals surface area contributed by atoms with E-state index < -0.39 is 9.84 Å². The lowest BCUT2D eigenvalue weighted by Crippen LogP contribution is -2.10. The molecular weight excluding hydrogens is 264 g/mol. The summed E-state index contributed by atoms with van der Waals surface area (Å²) in [4.78, 5) is 0. The Morgan fingerprint density at radius 2 is 2.24 bits per heavy atom. The van der Waals surface area contributed by atoms with Crippen molar-refractivity contribution in [2.45, 2.75) is 31.4 Å². The standard InChI is InChI=1S/C10H13ClN2O3S/c1-7(4-11)5-17(14,15)6-9-12-13-10(16-9)8-2-3-8/h4,8H,2-3,5-6H2,1H3/b7-4+. The van der Waals surface area contributed by atoms with Crippen LogP contribution < -0.4 is 0 Å². The van der Waals surface area contributed by atoms with Gasteiger partial charge in [0.2, 0.25) is 11.8 Å². The third kappa shape index (κ3) is 3.54. The van der Waals surface area contributed by atoms with Crippen molar-refractivity contribution < 1.29 is 12.8 Å². The van der Waals surface area contributed by atoms with Crippen molar-refractivity contribution >= 4 is 21.4 Å². The van der Waals surface area contributed by atoms with E-state index in [0.29, 0.717) is 17.4 Å². The Morgan fingerprint density at radius 3 is 2.82 bits per heavy atom. The molecule has 0 saturated heterocycles. The van der Waals surface area contributed by atoms with Crippen LogP contribution in [0.3, 0.4) is 0 Å². The smallest absolute Gasteiger partial charge is 0.231 e. The summed E-state index contributed by atoms with van der Waals surface area (Å²) in [5, 5.41) is 7.59. The predicted molar refractivity (Wildman–Crippen MR) is 63.4 cm³/mol. The Bertz CT molecular complexity index is 532. The van der Waals surface area contributed by atoms with Gasteiger partial charge in [0.05, 0.1) is 5.75 Å². The molecule has 0 spiro atoms. The molecule has 1 aromatic heterocycles. The van der Waals surface area contributed by atoms with Crippen LogP contribution in [0.5, 0.6) is 0 Å². The van der Waals surface area contributed by atoms with Gasteiger partial charge in [0, 0.05) is 11.5 Å². The number of hydrogen-bond acceptors (Lipinski definition) is 5. The lowest BCUT2D eigenvalue weighted by atomic mass is 10.4. The molecule has 17 heavy (non-hydrogen) atoms. The first-order chi connectivity index (χ1) is 8.00. The van der Waals surface area contributed by atoms with E-state index in [1.807, 2.05) is 0 Å². The molecule has 0 bridgehead atoms. The maximum Gasteiger partial charge on any atom is 0.231 e. The van der Waals surface area contributed by atoms with Crippen LogP contribution in [-0.4, -0.2) is 24.4 Å². The summed E-state index contributed by atoms with van der Waals surface area (Å²) in [7, 11) is -3.29. The van der Waals surface area contributed by atoms with Gasteiger partial charge >= 0.3 is 0 Å². The fourth-order valence-corrected chi connectivity index (χ4v) is 2.98. The molecule has 0 radical (unpaired) electrons. The van der Waals surface area contributed by atoms with Crippen molar-refractivity contribution in [2.75, 3.05) is 5.75 Å². The second-order valence-corrected chi connectivity index (χ2v) is 6.58. The van der Waals surface area contributed by atoms with Crippen molar-refractivity contribution in [3.8, 4) is 0 Å². The molecule has 94 valence electrons. The van der Waals surface area contributed by atoms with Gasteiger partial charge in [-0.05, 0) is 25.3 Å². The van der Waals surface area contributed by atoms with E-state index in [1.54, 1.807) is 6.92 Å². The van der Waals surface area contributed by atoms with Crippen LogP contribution in [0, 0.1) is 0 Å². The molecule has 1 heterocycles. The van der Waals surface area contributed by atoms with Crippen LogP contribution in [0.1, 0.15) is 37.5 Å². The lowest BCUT2D eigenvalue weighted by molar-refractivity contribution is 0.462. The molecule has 1 aliphatic rings. The molecule has 0 amide bonds. The molecule has 1 aliphatic carbocycles. The molecule has 1 aromatic rings. The molecule has 0 aromatic carbocycles. The molecule has 0 aliphatic heterocycles. The second-order valence-electron chi connectivity index (χ2n) is 4.30. The summed E-state index contributed by atoms with van der Waals surface area (Å²) in [5.74, 6) is 0.740. The van der Waals surface area contributed by atoms with Crippen LogP contribution in [0.4, 0.5) is 0 Å². The molecule has 0 N–H and O–H groups in total. The van der Waals surface area contributed by atoms with Gasteiger partial charge in [-0.1, -0.05) is 11.6 Å². The maximum absolute atomic E-state index is 11.7. The highest BCUT2D eigenvalue weighted by atomic mass is 35.5. The Hall–Kier alpha value is -0.880. The highest BCUT2D eigenvalue weighted by Crippen LogP contribution is 2.39. The molecule has 0 unspecified atom stereocenters. The monoisotopic (exact) mass is 276 g/mol. The minimum atomic E-state index is -3.29. The third-order valence-corrected chi connectivity index (χ3v) is 4.34. The first-order valence-corrected chi connectivity index (χ1v) is 7.54. The summed E-state index contributed by atoms with van der Waals surface area (Å²) in [6.07, 6.45) is 2.09. The van der Waals surface area contributed by atoms with Crippen LogP contribution in [-0.2, 0) is 15.6 Å². The zero-order valence-corrected chi connectivity index (χ0v) is 11.0. The summed E-state index contributed by atoms with van der Waals surface area (Å²) in [6, 6.07) is 0. The lowest BCUT2D eigenvalue weighted by Gasteiger charge is -2.00. The fraction of sp³-hybridized carbons (Fsp3) is 0.600. The molecule has 5 nitrogen and oxygen atoms in total. The molecule has 2 rings (SSSR count). The topological polar surface area (TPSA) is 73.1 Å². The molecular formula is C10H13ClN2O3S. The Morgan fingerprint density at radius 1 is 1.53 bits per heavy atom. The summed E-state index contributed by atoms with van der Waals surface area (Å²) >= 11 is 5.44. The van der Waals surface area contributed by atoms with E-state index in [4.69, 9.17) is 16.0 Å². The van der Waals surface area contributed by atoms with Gasteiger partial charge in [-0.3, -0.25) is 0 Å². The Labute approximate surface area is 105 Å². The first-order valence-electron chi connectivity index (χ1n) is 5.29. The number of rotatable bonds is 5. The van der Waals surface area contributed by atoms with Crippen LogP contribution >= 0.6 is 11.6 Å². The molecule has 1 fully saturated rings. The average Bonchev–Trinajstić information content (AvgIpc) is 2.99. The van der Waals surface area contributed by atoms with Crippen molar-refractivity contribution in [3.63, 3.8) is 0 Å². The maximum atomic E-state index is 11.7. The highest BCUT2D eigenvalue weighted by Gasteiger charge is 2.30. The minimum absolute atomic E-state index is 0.0857. The zero-order valence-electron chi connectivity index (χ0n) is 9.39. The number of sulfone groups is 1. The first kappa shape index (κ1) is 12.6. The van der Waals surface area contributed by atoms with E-state index in [2.05, 4.69) is 10.2 Å². The van der Waals surface area contributed by atoms with E-state index in [1.165, 1.54) is 5.54 Å². The summed E-state index contributed by atoms with van der Waals surface area (Å²) < 4.78 is 28.8. The van der Waals surface area contributed by atoms with Crippen molar-refractivity contribution in [1.29, 1.82) is 0 Å². The molecule has 7 heteroatoms. The van der Waals surface area contributed by atoms with Gasteiger partial charge in [-0.25, -0.2) is 8.42 Å². The average molecular weight is 277 g/mol. The second kappa shape index (κ2) is 4.78. The Balaban J connectivity index is 2.03. The third-order valence-electron chi connectivity index (χ3n) is 2.39. The molecule has 1 saturated carbocycles. The quantitative estimate of drug-likeness (QED) is 0.822. The zero-order chi connectivity index (χ0) is 12.5. The number of aromatic nitrogens is 2.